The molecule has 1 heterocycles. The fourth-order valence-corrected chi connectivity index (χ4v) is 2.93. The van der Waals surface area contributed by atoms with Gasteiger partial charge in [0, 0.05) is 30.2 Å². The van der Waals surface area contributed by atoms with E-state index in [1.165, 1.54) is 5.69 Å². The third-order valence-corrected chi connectivity index (χ3v) is 4.41. The minimum absolute atomic E-state index is 0.403. The SMILES string of the molecule is CCN(CC)c1ccc(Nc2nncc(Nc3cccc(C#N)c3)n2)c(C)c1. The van der Waals surface area contributed by atoms with E-state index in [0.717, 1.165) is 30.0 Å². The summed E-state index contributed by atoms with van der Waals surface area (Å²) in [6.45, 7) is 8.29. The largest absolute Gasteiger partial charge is 0.372 e. The molecular weight excluding hydrogens is 350 g/mol. The second kappa shape index (κ2) is 8.82. The summed E-state index contributed by atoms with van der Waals surface area (Å²) in [7, 11) is 0. The molecule has 142 valence electrons. The van der Waals surface area contributed by atoms with Crippen LogP contribution in [0.5, 0.6) is 0 Å². The summed E-state index contributed by atoms with van der Waals surface area (Å²) in [6, 6.07) is 15.6. The average Bonchev–Trinajstić information content (AvgIpc) is 2.71. The maximum absolute atomic E-state index is 9.02. The van der Waals surface area contributed by atoms with E-state index in [1.54, 1.807) is 18.3 Å². The molecule has 3 aromatic rings. The predicted molar refractivity (Wildman–Crippen MR) is 112 cm³/mol. The van der Waals surface area contributed by atoms with Gasteiger partial charge in [-0.1, -0.05) is 6.07 Å². The van der Waals surface area contributed by atoms with Crippen molar-refractivity contribution in [1.29, 1.82) is 5.26 Å². The van der Waals surface area contributed by atoms with E-state index in [-0.39, 0.29) is 0 Å². The van der Waals surface area contributed by atoms with Gasteiger partial charge in [-0.15, -0.1) is 5.10 Å². The van der Waals surface area contributed by atoms with Crippen LogP contribution >= 0.6 is 0 Å². The van der Waals surface area contributed by atoms with Gasteiger partial charge in [-0.2, -0.15) is 15.3 Å². The Kier molecular flexibility index (Phi) is 6.02. The highest BCUT2D eigenvalue weighted by Crippen LogP contribution is 2.25. The lowest BCUT2D eigenvalue weighted by atomic mass is 10.1. The molecular formula is C21H23N7. The normalized spacial score (nSPS) is 10.2. The van der Waals surface area contributed by atoms with Gasteiger partial charge < -0.3 is 15.5 Å². The van der Waals surface area contributed by atoms with E-state index in [4.69, 9.17) is 5.26 Å². The first-order chi connectivity index (χ1) is 13.6. The molecule has 7 nitrogen and oxygen atoms in total. The summed E-state index contributed by atoms with van der Waals surface area (Å²) < 4.78 is 0. The van der Waals surface area contributed by atoms with Gasteiger partial charge in [0.15, 0.2) is 5.82 Å². The quantitative estimate of drug-likeness (QED) is 0.635. The first-order valence-corrected chi connectivity index (χ1v) is 9.22. The van der Waals surface area contributed by atoms with E-state index in [1.807, 2.05) is 18.2 Å². The van der Waals surface area contributed by atoms with Gasteiger partial charge >= 0.3 is 0 Å². The molecule has 0 radical (unpaired) electrons. The highest BCUT2D eigenvalue weighted by molar-refractivity contribution is 5.65. The summed E-state index contributed by atoms with van der Waals surface area (Å²) in [6.07, 6.45) is 1.54. The van der Waals surface area contributed by atoms with Crippen LogP contribution in [-0.2, 0) is 0 Å². The van der Waals surface area contributed by atoms with E-state index >= 15 is 0 Å². The van der Waals surface area contributed by atoms with Crippen molar-refractivity contribution in [3.8, 4) is 6.07 Å². The molecule has 0 amide bonds. The topological polar surface area (TPSA) is 89.8 Å². The number of rotatable bonds is 7. The Bertz CT molecular complexity index is 990. The van der Waals surface area contributed by atoms with Gasteiger partial charge in [0.1, 0.15) is 0 Å². The molecule has 2 N–H and O–H groups in total. The zero-order chi connectivity index (χ0) is 19.9. The Hall–Kier alpha value is -3.66. The molecule has 0 saturated heterocycles. The fraction of sp³-hybridized carbons (Fsp3) is 0.238. The van der Waals surface area contributed by atoms with Crippen LogP contribution in [0, 0.1) is 18.3 Å². The number of nitriles is 1. The van der Waals surface area contributed by atoms with Crippen LogP contribution in [0.25, 0.3) is 0 Å². The highest BCUT2D eigenvalue weighted by atomic mass is 15.3. The molecule has 1 aromatic heterocycles. The summed E-state index contributed by atoms with van der Waals surface area (Å²) >= 11 is 0. The molecule has 0 fully saturated rings. The molecule has 2 aromatic carbocycles. The van der Waals surface area contributed by atoms with Gasteiger partial charge in [-0.05, 0) is 62.7 Å². The maximum atomic E-state index is 9.02. The van der Waals surface area contributed by atoms with Gasteiger partial charge in [-0.25, -0.2) is 0 Å². The van der Waals surface area contributed by atoms with Crippen molar-refractivity contribution < 1.29 is 0 Å². The van der Waals surface area contributed by atoms with Crippen LogP contribution in [0.2, 0.25) is 0 Å². The molecule has 0 aliphatic heterocycles. The van der Waals surface area contributed by atoms with Crippen molar-refractivity contribution in [2.24, 2.45) is 0 Å². The van der Waals surface area contributed by atoms with Crippen LogP contribution in [0.15, 0.2) is 48.7 Å². The average molecular weight is 373 g/mol. The van der Waals surface area contributed by atoms with Crippen LogP contribution < -0.4 is 15.5 Å². The molecule has 0 saturated carbocycles. The van der Waals surface area contributed by atoms with Crippen molar-refractivity contribution >= 4 is 28.8 Å². The lowest BCUT2D eigenvalue weighted by molar-refractivity contribution is 0.865. The van der Waals surface area contributed by atoms with Crippen LogP contribution in [0.1, 0.15) is 25.0 Å². The van der Waals surface area contributed by atoms with Gasteiger partial charge in [0.05, 0.1) is 17.8 Å². The summed E-state index contributed by atoms with van der Waals surface area (Å²) in [5.41, 5.74) is 4.58. The Morgan fingerprint density at radius 3 is 2.61 bits per heavy atom. The number of hydrogen-bond acceptors (Lipinski definition) is 7. The van der Waals surface area contributed by atoms with Crippen molar-refractivity contribution in [3.63, 3.8) is 0 Å². The second-order valence-electron chi connectivity index (χ2n) is 6.28. The minimum Gasteiger partial charge on any atom is -0.372 e. The van der Waals surface area contributed by atoms with Crippen LogP contribution in [0.4, 0.5) is 28.8 Å². The Balaban J connectivity index is 1.76. The van der Waals surface area contributed by atoms with Crippen molar-refractivity contribution in [2.45, 2.75) is 20.8 Å². The third-order valence-electron chi connectivity index (χ3n) is 4.41. The molecule has 28 heavy (non-hydrogen) atoms. The maximum Gasteiger partial charge on any atom is 0.249 e. The summed E-state index contributed by atoms with van der Waals surface area (Å²) in [5.74, 6) is 0.949. The number of aromatic nitrogens is 3. The smallest absolute Gasteiger partial charge is 0.249 e. The molecule has 0 aliphatic carbocycles. The molecule has 0 bridgehead atoms. The zero-order valence-electron chi connectivity index (χ0n) is 16.3. The van der Waals surface area contributed by atoms with E-state index < -0.39 is 0 Å². The molecule has 0 aliphatic rings. The van der Waals surface area contributed by atoms with Crippen LogP contribution in [0.3, 0.4) is 0 Å². The minimum atomic E-state index is 0.403. The van der Waals surface area contributed by atoms with Crippen molar-refractivity contribution in [3.05, 3.63) is 59.8 Å². The molecule has 0 unspecified atom stereocenters. The standard InChI is InChI=1S/C21H23N7/c1-4-28(5-2)18-9-10-19(15(3)11-18)25-21-26-20(14-23-27-21)24-17-8-6-7-16(12-17)13-22/h6-12,14H,4-5H2,1-3H3,(H2,24,25,26,27). The lowest BCUT2D eigenvalue weighted by Gasteiger charge is -2.22. The molecule has 3 rings (SSSR count). The molecule has 0 atom stereocenters. The molecule has 0 spiro atoms. The number of benzene rings is 2. The Morgan fingerprint density at radius 1 is 1.07 bits per heavy atom. The van der Waals surface area contributed by atoms with Gasteiger partial charge in [-0.3, -0.25) is 0 Å². The van der Waals surface area contributed by atoms with Crippen LogP contribution in [-0.4, -0.2) is 28.3 Å². The first-order valence-electron chi connectivity index (χ1n) is 9.22. The number of nitrogens with one attached hydrogen (secondary N) is 2. The number of aryl methyl sites for hydroxylation is 1. The first kappa shape index (κ1) is 19.1. The lowest BCUT2D eigenvalue weighted by Crippen LogP contribution is -2.21. The third kappa shape index (κ3) is 4.54. The van der Waals surface area contributed by atoms with Crippen molar-refractivity contribution in [1.82, 2.24) is 15.2 Å². The number of anilines is 5. The Morgan fingerprint density at radius 2 is 1.89 bits per heavy atom. The van der Waals surface area contributed by atoms with Crippen molar-refractivity contribution in [2.75, 3.05) is 28.6 Å². The highest BCUT2D eigenvalue weighted by Gasteiger charge is 2.07. The predicted octanol–water partition coefficient (Wildman–Crippen LogP) is 4.39. The van der Waals surface area contributed by atoms with Gasteiger partial charge in [0.2, 0.25) is 5.95 Å². The monoisotopic (exact) mass is 373 g/mol. The zero-order valence-corrected chi connectivity index (χ0v) is 16.3. The number of nitrogens with zero attached hydrogens (tertiary/aromatic N) is 5. The summed E-state index contributed by atoms with van der Waals surface area (Å²) in [5, 5.41) is 23.5. The van der Waals surface area contributed by atoms with E-state index in [2.05, 4.69) is 69.7 Å². The summed E-state index contributed by atoms with van der Waals surface area (Å²) in [4.78, 5) is 6.76. The van der Waals surface area contributed by atoms with E-state index in [0.29, 0.717) is 17.3 Å². The number of hydrogen-bond donors (Lipinski definition) is 2. The van der Waals surface area contributed by atoms with E-state index in [9.17, 15) is 0 Å². The fourth-order valence-electron chi connectivity index (χ4n) is 2.93. The second-order valence-corrected chi connectivity index (χ2v) is 6.28. The van der Waals surface area contributed by atoms with Gasteiger partial charge in [0.25, 0.3) is 0 Å². The molecule has 7 heteroatoms. The Labute approximate surface area is 165 Å².